The molecule has 10 N–H and O–H groups in total. The Bertz CT molecular complexity index is 1360. The maximum atomic E-state index is 10.6. The molecule has 0 aliphatic rings. The van der Waals surface area contributed by atoms with Gasteiger partial charge in [0.05, 0.1) is 0 Å². The Balaban J connectivity index is 0.000000687. The van der Waals surface area contributed by atoms with E-state index in [-0.39, 0.29) is 11.9 Å². The Morgan fingerprint density at radius 2 is 0.792 bits per heavy atom. The Morgan fingerprint density at radius 3 is 1.02 bits per heavy atom. The summed E-state index contributed by atoms with van der Waals surface area (Å²) in [6.45, 7) is 2.14. The van der Waals surface area contributed by atoms with Crippen molar-refractivity contribution in [2.75, 3.05) is 13.1 Å². The molecular weight excluding hydrogens is 654 g/mol. The topological polar surface area (TPSA) is 222 Å². The minimum absolute atomic E-state index is 0.114. The number of guanidine groups is 2. The first kappa shape index (κ1) is 40.3. The van der Waals surface area contributed by atoms with Crippen LogP contribution in [0.15, 0.2) is 82.8 Å². The van der Waals surface area contributed by atoms with Gasteiger partial charge in [0, 0.05) is 13.1 Å². The van der Waals surface area contributed by atoms with Crippen molar-refractivity contribution in [1.29, 1.82) is 0 Å². The van der Waals surface area contributed by atoms with Crippen LogP contribution >= 0.6 is 0 Å². The third-order valence-corrected chi connectivity index (χ3v) is 5.56. The van der Waals surface area contributed by atoms with E-state index in [1.807, 2.05) is 48.5 Å². The molecule has 0 radical (unpaired) electrons. The van der Waals surface area contributed by atoms with E-state index in [1.165, 1.54) is 0 Å². The van der Waals surface area contributed by atoms with Gasteiger partial charge in [-0.15, -0.1) is 0 Å². The zero-order valence-electron chi connectivity index (χ0n) is 25.2. The average molecular weight is 689 g/mol. The van der Waals surface area contributed by atoms with Crippen LogP contribution in [0, 0.1) is 0 Å². The molecule has 0 amide bonds. The van der Waals surface area contributed by atoms with E-state index in [4.69, 9.17) is 52.2 Å². The molecule has 12 nitrogen and oxygen atoms in total. The lowest BCUT2D eigenvalue weighted by Gasteiger charge is -2.09. The summed E-state index contributed by atoms with van der Waals surface area (Å²) < 4.78 is 75.3. The SMILES string of the molecule is NC(N)=NCCc1ccc(OCc2ccc(COc3ccc(CCN=C(N)N)cc3)cc2)cc1.O=C(O)C(F)(F)F.O=C(O)C(F)(F)F. The zero-order chi connectivity index (χ0) is 36.3. The fraction of sp³-hybridized carbons (Fsp3) is 0.267. The standard InChI is InChI=1S/C26H32N6O2.2C2HF3O2/c27-25(28)31-15-13-19-5-9-23(10-6-19)33-17-21-1-2-22(4-3-21)18-34-24-11-7-20(8-12-24)14-16-32-26(29)30;2*3-2(4,5)1(6)7/h1-12H,13-18H2,(H4,27,28,31)(H4,29,30,32);2*(H,6,7). The van der Waals surface area contributed by atoms with Crippen LogP contribution < -0.4 is 32.4 Å². The van der Waals surface area contributed by atoms with E-state index in [0.717, 1.165) is 46.6 Å². The molecule has 0 saturated carbocycles. The van der Waals surface area contributed by atoms with Gasteiger partial charge in [-0.3, -0.25) is 9.98 Å². The maximum absolute atomic E-state index is 10.6. The van der Waals surface area contributed by atoms with Gasteiger partial charge in [0.15, 0.2) is 11.9 Å². The van der Waals surface area contributed by atoms with Crippen molar-refractivity contribution in [3.8, 4) is 11.5 Å². The Labute approximate surface area is 270 Å². The van der Waals surface area contributed by atoms with Crippen molar-refractivity contribution < 1.29 is 55.6 Å². The lowest BCUT2D eigenvalue weighted by molar-refractivity contribution is -0.193. The van der Waals surface area contributed by atoms with Crippen LogP contribution in [0.5, 0.6) is 11.5 Å². The quantitative estimate of drug-likeness (QED) is 0.0919. The average Bonchev–Trinajstić information content (AvgIpc) is 3.00. The third-order valence-electron chi connectivity index (χ3n) is 5.56. The number of ether oxygens (including phenoxy) is 2. The van der Waals surface area contributed by atoms with Crippen LogP contribution in [0.3, 0.4) is 0 Å². The van der Waals surface area contributed by atoms with E-state index < -0.39 is 24.3 Å². The molecule has 0 aliphatic heterocycles. The number of rotatable bonds is 12. The summed E-state index contributed by atoms with van der Waals surface area (Å²) in [6, 6.07) is 24.1. The van der Waals surface area contributed by atoms with Crippen LogP contribution in [-0.4, -0.2) is 59.5 Å². The number of aliphatic imine (C=N–C) groups is 2. The largest absolute Gasteiger partial charge is 0.490 e. The molecule has 0 aliphatic carbocycles. The van der Waals surface area contributed by atoms with Gasteiger partial charge in [-0.1, -0.05) is 48.5 Å². The Morgan fingerprint density at radius 1 is 0.542 bits per heavy atom. The summed E-state index contributed by atoms with van der Waals surface area (Å²) in [5.74, 6) is -3.65. The van der Waals surface area contributed by atoms with E-state index in [0.29, 0.717) is 26.3 Å². The number of carbonyl (C=O) groups is 2. The number of carboxylic acids is 2. The first-order chi connectivity index (χ1) is 22.4. The molecule has 0 aromatic heterocycles. The molecule has 0 spiro atoms. The van der Waals surface area contributed by atoms with Crippen LogP contribution in [0.25, 0.3) is 0 Å². The number of alkyl halides is 6. The molecule has 0 fully saturated rings. The first-order valence-corrected chi connectivity index (χ1v) is 13.6. The van der Waals surface area contributed by atoms with Gasteiger partial charge in [0.1, 0.15) is 24.7 Å². The van der Waals surface area contributed by atoms with Crippen LogP contribution in [0.2, 0.25) is 0 Å². The molecule has 48 heavy (non-hydrogen) atoms. The number of nitrogens with zero attached hydrogens (tertiary/aromatic N) is 2. The third kappa shape index (κ3) is 18.3. The number of aliphatic carboxylic acids is 2. The highest BCUT2D eigenvalue weighted by Gasteiger charge is 2.38. The summed E-state index contributed by atoms with van der Waals surface area (Å²) in [4.78, 5) is 25.8. The molecule has 18 heteroatoms. The number of hydrogen-bond donors (Lipinski definition) is 6. The molecule has 0 heterocycles. The minimum Gasteiger partial charge on any atom is -0.489 e. The molecular formula is C30H34F6N6O6. The van der Waals surface area contributed by atoms with Gasteiger partial charge in [0.25, 0.3) is 0 Å². The number of benzene rings is 3. The molecule has 3 aromatic carbocycles. The lowest BCUT2D eigenvalue weighted by atomic mass is 10.1. The Hall–Kier alpha value is -5.68. The maximum Gasteiger partial charge on any atom is 0.490 e. The highest BCUT2D eigenvalue weighted by atomic mass is 19.4. The van der Waals surface area contributed by atoms with E-state index in [9.17, 15) is 26.3 Å². The molecule has 3 rings (SSSR count). The molecule has 0 atom stereocenters. The van der Waals surface area contributed by atoms with Gasteiger partial charge in [-0.05, 0) is 59.4 Å². The van der Waals surface area contributed by atoms with Gasteiger partial charge in [-0.25, -0.2) is 9.59 Å². The summed E-state index contributed by atoms with van der Waals surface area (Å²) >= 11 is 0. The zero-order valence-corrected chi connectivity index (χ0v) is 25.2. The number of hydrogen-bond acceptors (Lipinski definition) is 6. The highest BCUT2D eigenvalue weighted by molar-refractivity contribution is 5.76. The number of nitrogens with two attached hydrogens (primary N) is 4. The summed E-state index contributed by atoms with van der Waals surface area (Å²) in [7, 11) is 0. The van der Waals surface area contributed by atoms with Crippen LogP contribution in [0.1, 0.15) is 22.3 Å². The van der Waals surface area contributed by atoms with Crippen LogP contribution in [-0.2, 0) is 35.6 Å². The molecule has 0 saturated heterocycles. The van der Waals surface area contributed by atoms with Crippen LogP contribution in [0.4, 0.5) is 26.3 Å². The summed E-state index contributed by atoms with van der Waals surface area (Å²) in [6.07, 6.45) is -8.60. The molecule has 262 valence electrons. The van der Waals surface area contributed by atoms with E-state index >= 15 is 0 Å². The number of carboxylic acid groups (broad SMARTS) is 2. The minimum atomic E-state index is -5.08. The van der Waals surface area contributed by atoms with Gasteiger partial charge >= 0.3 is 24.3 Å². The monoisotopic (exact) mass is 688 g/mol. The second kappa shape index (κ2) is 19.7. The van der Waals surface area contributed by atoms with E-state index in [2.05, 4.69) is 34.3 Å². The predicted octanol–water partition coefficient (Wildman–Crippen LogP) is 3.74. The van der Waals surface area contributed by atoms with Crippen molar-refractivity contribution in [3.05, 3.63) is 95.1 Å². The predicted molar refractivity (Wildman–Crippen MR) is 164 cm³/mol. The van der Waals surface area contributed by atoms with Crippen molar-refractivity contribution in [3.63, 3.8) is 0 Å². The van der Waals surface area contributed by atoms with Crippen molar-refractivity contribution in [2.24, 2.45) is 32.9 Å². The van der Waals surface area contributed by atoms with Gasteiger partial charge in [0.2, 0.25) is 0 Å². The summed E-state index contributed by atoms with van der Waals surface area (Å²) in [5.41, 5.74) is 25.9. The molecule has 0 bridgehead atoms. The highest BCUT2D eigenvalue weighted by Crippen LogP contribution is 2.18. The molecule has 3 aromatic rings. The Kier molecular flexibility index (Phi) is 16.6. The summed E-state index contributed by atoms with van der Waals surface area (Å²) in [5, 5.41) is 14.2. The smallest absolute Gasteiger partial charge is 0.489 e. The fourth-order valence-electron chi connectivity index (χ4n) is 3.20. The first-order valence-electron chi connectivity index (χ1n) is 13.6. The fourth-order valence-corrected chi connectivity index (χ4v) is 3.20. The van der Waals surface area contributed by atoms with Gasteiger partial charge in [-0.2, -0.15) is 26.3 Å². The van der Waals surface area contributed by atoms with Crippen molar-refractivity contribution >= 4 is 23.9 Å². The van der Waals surface area contributed by atoms with Crippen molar-refractivity contribution in [2.45, 2.75) is 38.4 Å². The second-order valence-electron chi connectivity index (χ2n) is 9.40. The normalized spacial score (nSPS) is 10.6. The second-order valence-corrected chi connectivity index (χ2v) is 9.40. The molecule has 0 unspecified atom stereocenters. The number of halogens is 6. The van der Waals surface area contributed by atoms with Crippen molar-refractivity contribution in [1.82, 2.24) is 0 Å². The van der Waals surface area contributed by atoms with Gasteiger partial charge < -0.3 is 42.6 Å². The van der Waals surface area contributed by atoms with E-state index in [1.54, 1.807) is 0 Å². The lowest BCUT2D eigenvalue weighted by Crippen LogP contribution is -2.23.